The molecule has 3 N–H and O–H groups in total. The fraction of sp³-hybridized carbons (Fsp3) is 0.240. The predicted molar refractivity (Wildman–Crippen MR) is 129 cm³/mol. The first kappa shape index (κ1) is 31.4. The first-order valence-corrected chi connectivity index (χ1v) is 11.3. The lowest BCUT2D eigenvalue weighted by Crippen LogP contribution is -2.54. The third-order valence-electron chi connectivity index (χ3n) is 6.26. The number of carbonyl (C=O) groups is 2. The Bertz CT molecular complexity index is 1530. The molecule has 3 rings (SSSR count). The Morgan fingerprint density at radius 1 is 1.02 bits per heavy atom. The second-order valence-corrected chi connectivity index (χ2v) is 8.50. The van der Waals surface area contributed by atoms with Crippen molar-refractivity contribution in [2.24, 2.45) is 5.73 Å². The Morgan fingerprint density at radius 3 is 2.02 bits per heavy atom. The van der Waals surface area contributed by atoms with Crippen molar-refractivity contribution in [2.45, 2.75) is 23.9 Å². The molecule has 17 heteroatoms. The van der Waals surface area contributed by atoms with Crippen molar-refractivity contribution >= 4 is 23.3 Å². The summed E-state index contributed by atoms with van der Waals surface area (Å²) >= 11 is 0. The third-order valence-corrected chi connectivity index (χ3v) is 6.26. The summed E-state index contributed by atoms with van der Waals surface area (Å²) in [7, 11) is 1.74. The van der Waals surface area contributed by atoms with E-state index >= 15 is 0 Å². The smallest absolute Gasteiger partial charge is 0.430 e. The SMILES string of the molecule is COC(=O)C1=C(C(=O)OC)N(c2ccc(C(O)(C(F)(F)F)C(F)(F)F)cc2[N+](=O)[O-])C(N)=C(C#N)C1c1ccccc1. The molecule has 222 valence electrons. The van der Waals surface area contributed by atoms with Gasteiger partial charge < -0.3 is 20.3 Å². The standard InChI is InChI=1S/C25H18F6N4O7/c1-41-21(36)18-17(12-6-4-3-5-7-12)14(11-32)20(33)34(19(18)22(37)42-2)15-9-8-13(10-16(15)35(39)40)23(38,24(26,27)28)25(29,30)31/h3-10,17,38H,33H2,1-2H3. The first-order chi connectivity index (χ1) is 19.5. The lowest BCUT2D eigenvalue weighted by Gasteiger charge is -2.36. The van der Waals surface area contributed by atoms with E-state index < -0.39 is 80.3 Å². The van der Waals surface area contributed by atoms with Gasteiger partial charge in [-0.15, -0.1) is 0 Å². The number of hydrogen-bond donors (Lipinski definition) is 2. The molecular formula is C25H18F6N4O7. The van der Waals surface area contributed by atoms with Gasteiger partial charge in [0.05, 0.1) is 42.3 Å². The number of nitro benzene ring substituents is 1. The zero-order valence-corrected chi connectivity index (χ0v) is 21.3. The van der Waals surface area contributed by atoms with E-state index in [1.165, 1.54) is 24.3 Å². The van der Waals surface area contributed by atoms with Crippen LogP contribution >= 0.6 is 0 Å². The van der Waals surface area contributed by atoms with Gasteiger partial charge in [0, 0.05) is 11.6 Å². The van der Waals surface area contributed by atoms with Crippen LogP contribution in [-0.2, 0) is 24.7 Å². The van der Waals surface area contributed by atoms with Crippen LogP contribution < -0.4 is 10.6 Å². The average molecular weight is 600 g/mol. The number of ether oxygens (including phenoxy) is 2. The fourth-order valence-corrected chi connectivity index (χ4v) is 4.34. The number of rotatable bonds is 6. The minimum atomic E-state index is -6.38. The Morgan fingerprint density at radius 2 is 1.57 bits per heavy atom. The minimum Gasteiger partial charge on any atom is -0.466 e. The van der Waals surface area contributed by atoms with Crippen molar-refractivity contribution in [3.63, 3.8) is 0 Å². The van der Waals surface area contributed by atoms with Gasteiger partial charge in [0.1, 0.15) is 17.2 Å². The molecule has 1 aliphatic heterocycles. The van der Waals surface area contributed by atoms with Crippen LogP contribution in [0.2, 0.25) is 0 Å². The highest BCUT2D eigenvalue weighted by Gasteiger charge is 2.71. The maximum atomic E-state index is 13.5. The molecule has 1 atom stereocenters. The number of esters is 2. The summed E-state index contributed by atoms with van der Waals surface area (Å²) < 4.78 is 90.5. The zero-order chi connectivity index (χ0) is 31.8. The molecule has 0 spiro atoms. The van der Waals surface area contributed by atoms with Crippen LogP contribution in [0.25, 0.3) is 0 Å². The number of nitrogens with zero attached hydrogens (tertiary/aromatic N) is 3. The molecule has 0 aliphatic carbocycles. The second kappa shape index (κ2) is 11.0. The second-order valence-electron chi connectivity index (χ2n) is 8.50. The molecule has 0 amide bonds. The van der Waals surface area contributed by atoms with E-state index in [9.17, 15) is 56.4 Å². The Balaban J connectivity index is 2.49. The van der Waals surface area contributed by atoms with E-state index in [1.54, 1.807) is 12.1 Å². The highest BCUT2D eigenvalue weighted by Crippen LogP contribution is 2.52. The van der Waals surface area contributed by atoms with Crippen molar-refractivity contribution in [3.05, 3.63) is 92.4 Å². The molecule has 1 unspecified atom stereocenters. The Kier molecular flexibility index (Phi) is 8.26. The van der Waals surface area contributed by atoms with Crippen molar-refractivity contribution in [1.82, 2.24) is 0 Å². The summed E-state index contributed by atoms with van der Waals surface area (Å²) in [4.78, 5) is 37.1. The maximum absolute atomic E-state index is 13.5. The van der Waals surface area contributed by atoms with E-state index in [0.29, 0.717) is 11.0 Å². The summed E-state index contributed by atoms with van der Waals surface area (Å²) in [6.07, 6.45) is -12.8. The van der Waals surface area contributed by atoms with Gasteiger partial charge in [-0.05, 0) is 11.6 Å². The van der Waals surface area contributed by atoms with Gasteiger partial charge in [0.15, 0.2) is 0 Å². The highest BCUT2D eigenvalue weighted by atomic mass is 19.4. The van der Waals surface area contributed by atoms with Crippen LogP contribution in [0.15, 0.2) is 71.2 Å². The monoisotopic (exact) mass is 600 g/mol. The van der Waals surface area contributed by atoms with E-state index in [1.807, 2.05) is 0 Å². The molecule has 0 radical (unpaired) electrons. The van der Waals surface area contributed by atoms with Crippen LogP contribution in [0, 0.1) is 21.4 Å². The number of halogens is 6. The van der Waals surface area contributed by atoms with Crippen molar-refractivity contribution in [1.29, 1.82) is 5.26 Å². The Labute approximate surface area is 231 Å². The zero-order valence-electron chi connectivity index (χ0n) is 21.3. The lowest BCUT2D eigenvalue weighted by atomic mass is 9.80. The highest BCUT2D eigenvalue weighted by molar-refractivity contribution is 6.06. The molecule has 11 nitrogen and oxygen atoms in total. The first-order valence-electron chi connectivity index (χ1n) is 11.3. The topological polar surface area (TPSA) is 169 Å². The van der Waals surface area contributed by atoms with Gasteiger partial charge in [-0.25, -0.2) is 9.59 Å². The number of alkyl halides is 6. The van der Waals surface area contributed by atoms with Gasteiger partial charge in [0.25, 0.3) is 11.3 Å². The number of methoxy groups -OCH3 is 2. The molecule has 0 saturated carbocycles. The van der Waals surface area contributed by atoms with Gasteiger partial charge in [0.2, 0.25) is 0 Å². The average Bonchev–Trinajstić information content (AvgIpc) is 2.94. The number of anilines is 1. The van der Waals surface area contributed by atoms with E-state index in [4.69, 9.17) is 15.2 Å². The van der Waals surface area contributed by atoms with Gasteiger partial charge in [-0.2, -0.15) is 31.6 Å². The number of allylic oxidation sites excluding steroid dienone is 1. The van der Waals surface area contributed by atoms with Crippen LogP contribution in [0.4, 0.5) is 37.7 Å². The predicted octanol–water partition coefficient (Wildman–Crippen LogP) is 3.80. The van der Waals surface area contributed by atoms with Crippen LogP contribution in [0.3, 0.4) is 0 Å². The number of aliphatic hydroxyl groups is 1. The van der Waals surface area contributed by atoms with E-state index in [0.717, 1.165) is 14.2 Å². The van der Waals surface area contributed by atoms with Crippen molar-refractivity contribution < 1.29 is 55.4 Å². The summed E-state index contributed by atoms with van der Waals surface area (Å²) in [5.74, 6) is -4.82. The molecule has 0 aromatic heterocycles. The largest absolute Gasteiger partial charge is 0.466 e. The molecule has 1 aliphatic rings. The lowest BCUT2D eigenvalue weighted by molar-refractivity contribution is -0.386. The molecular weight excluding hydrogens is 582 g/mol. The normalized spacial score (nSPS) is 16.2. The summed E-state index contributed by atoms with van der Waals surface area (Å²) in [6, 6.07) is 9.38. The number of nitriles is 1. The number of hydrogen-bond acceptors (Lipinski definition) is 10. The van der Waals surface area contributed by atoms with Gasteiger partial charge >= 0.3 is 24.3 Å². The van der Waals surface area contributed by atoms with Gasteiger partial charge in [-0.1, -0.05) is 36.4 Å². The number of carbonyl (C=O) groups excluding carboxylic acids is 2. The molecule has 0 bridgehead atoms. The molecule has 0 fully saturated rings. The van der Waals surface area contributed by atoms with Crippen LogP contribution in [0.1, 0.15) is 17.0 Å². The van der Waals surface area contributed by atoms with Crippen molar-refractivity contribution in [3.8, 4) is 6.07 Å². The molecule has 42 heavy (non-hydrogen) atoms. The molecule has 2 aromatic rings. The summed E-state index contributed by atoms with van der Waals surface area (Å²) in [6.45, 7) is 0. The van der Waals surface area contributed by atoms with Gasteiger partial charge in [-0.3, -0.25) is 15.0 Å². The molecule has 0 saturated heterocycles. The summed E-state index contributed by atoms with van der Waals surface area (Å²) in [5.41, 5.74) is -5.63. The third kappa shape index (κ3) is 4.96. The van der Waals surface area contributed by atoms with Crippen molar-refractivity contribution in [2.75, 3.05) is 19.1 Å². The Hall–Kier alpha value is -5.11. The van der Waals surface area contributed by atoms with E-state index in [-0.39, 0.29) is 17.7 Å². The quantitative estimate of drug-likeness (QED) is 0.215. The van der Waals surface area contributed by atoms with E-state index in [2.05, 4.69) is 0 Å². The number of benzene rings is 2. The molecule has 1 heterocycles. The number of nitro groups is 1. The maximum Gasteiger partial charge on any atom is 0.430 e. The van der Waals surface area contributed by atoms with Crippen LogP contribution in [-0.4, -0.2) is 48.5 Å². The number of nitrogens with two attached hydrogens (primary N) is 1. The van der Waals surface area contributed by atoms with Crippen LogP contribution in [0.5, 0.6) is 0 Å². The minimum absolute atomic E-state index is 0.0681. The molecule has 2 aromatic carbocycles. The fourth-order valence-electron chi connectivity index (χ4n) is 4.34. The summed E-state index contributed by atoms with van der Waals surface area (Å²) in [5, 5.41) is 31.8.